The quantitative estimate of drug-likeness (QED) is 0.0945. The number of aldehydes is 2. The molecule has 16 nitrogen and oxygen atoms in total. The van der Waals surface area contributed by atoms with Gasteiger partial charge in [-0.15, -0.1) is 0 Å². The number of aliphatic hydroxyl groups excluding tert-OH is 8. The van der Waals surface area contributed by atoms with Crippen molar-refractivity contribution < 1.29 is 70.2 Å². The van der Waals surface area contributed by atoms with Gasteiger partial charge in [0, 0.05) is 0 Å². The highest BCUT2D eigenvalue weighted by Gasteiger charge is 2.29. The van der Waals surface area contributed by atoms with Crippen molar-refractivity contribution in [3.8, 4) is 0 Å². The summed E-state index contributed by atoms with van der Waals surface area (Å²) in [7, 11) is 0. The summed E-state index contributed by atoms with van der Waals surface area (Å²) in [6.07, 6.45) is -9.66. The molecule has 0 aliphatic heterocycles. The fourth-order valence-corrected chi connectivity index (χ4v) is 1.42. The summed E-state index contributed by atoms with van der Waals surface area (Å²) in [4.78, 5) is 38.9. The average Bonchev–Trinajstić information content (AvgIpc) is 2.74. The zero-order valence-corrected chi connectivity index (χ0v) is 16.2. The summed E-state index contributed by atoms with van der Waals surface area (Å²) in [5.41, 5.74) is 10.1. The third-order valence-corrected chi connectivity index (χ3v) is 3.27. The van der Waals surface area contributed by atoms with Crippen LogP contribution in [0.1, 0.15) is 6.42 Å². The van der Waals surface area contributed by atoms with E-state index in [2.05, 4.69) is 0 Å². The van der Waals surface area contributed by atoms with Crippen LogP contribution in [0, 0.1) is 0 Å². The van der Waals surface area contributed by atoms with Crippen LogP contribution in [0.4, 0.5) is 0 Å². The summed E-state index contributed by atoms with van der Waals surface area (Å²) >= 11 is 0. The second kappa shape index (κ2) is 18.6. The van der Waals surface area contributed by atoms with E-state index in [1.165, 1.54) is 0 Å². The second-order valence-corrected chi connectivity index (χ2v) is 5.85. The molecule has 184 valence electrons. The van der Waals surface area contributed by atoms with Crippen molar-refractivity contribution in [2.45, 2.75) is 55.1 Å². The highest BCUT2D eigenvalue weighted by Crippen LogP contribution is 2.02. The monoisotopic (exact) mass is 462 g/mol. The van der Waals surface area contributed by atoms with Crippen LogP contribution in [0.25, 0.3) is 0 Å². The topological polar surface area (TPSA) is 323 Å². The molecule has 0 heterocycles. The van der Waals surface area contributed by atoms with Gasteiger partial charge in [-0.3, -0.25) is 9.59 Å². The lowest BCUT2D eigenvalue weighted by Gasteiger charge is -2.23. The Morgan fingerprint density at radius 2 is 0.903 bits per heavy atom. The van der Waals surface area contributed by atoms with Crippen LogP contribution in [0.3, 0.4) is 0 Å². The van der Waals surface area contributed by atoms with Gasteiger partial charge in [0.2, 0.25) is 0 Å². The van der Waals surface area contributed by atoms with Gasteiger partial charge in [0.25, 0.3) is 0 Å². The van der Waals surface area contributed by atoms with Crippen molar-refractivity contribution in [2.75, 3.05) is 13.2 Å². The standard InChI is InChI=1S/2C6H13NO5.C3H4O4/c2*7-3(1-8)5(11)6(12)4(10)2-9;4-2(5)1-3(6)7/h2*1,3-6,9-12H,2,7H2;1H2,(H,4,5)(H,6,7)/t2*3-,4+,5+,6+;/m00./s1. The molecule has 0 fully saturated rings. The van der Waals surface area contributed by atoms with Gasteiger partial charge in [0.05, 0.1) is 25.3 Å². The zero-order chi connectivity index (χ0) is 25.3. The number of rotatable bonds is 12. The molecule has 0 aliphatic rings. The van der Waals surface area contributed by atoms with Gasteiger partial charge >= 0.3 is 11.9 Å². The predicted molar refractivity (Wildman–Crippen MR) is 98.2 cm³/mol. The number of carboxylic acid groups (broad SMARTS) is 2. The first kappa shape index (κ1) is 33.5. The molecule has 0 saturated carbocycles. The summed E-state index contributed by atoms with van der Waals surface area (Å²) in [6, 6.07) is -2.53. The van der Waals surface area contributed by atoms with E-state index in [4.69, 9.17) is 62.5 Å². The molecular formula is C15H30N2O14. The molecule has 14 N–H and O–H groups in total. The van der Waals surface area contributed by atoms with E-state index < -0.39 is 80.3 Å². The van der Waals surface area contributed by atoms with Crippen molar-refractivity contribution in [3.63, 3.8) is 0 Å². The Morgan fingerprint density at radius 1 is 0.645 bits per heavy atom. The van der Waals surface area contributed by atoms with Crippen molar-refractivity contribution in [3.05, 3.63) is 0 Å². The van der Waals surface area contributed by atoms with Crippen LogP contribution in [0.2, 0.25) is 0 Å². The largest absolute Gasteiger partial charge is 0.481 e. The van der Waals surface area contributed by atoms with Gasteiger partial charge in [-0.05, 0) is 0 Å². The lowest BCUT2D eigenvalue weighted by atomic mass is 10.0. The number of aliphatic carboxylic acids is 2. The molecule has 0 bridgehead atoms. The maximum Gasteiger partial charge on any atom is 0.314 e. The maximum atomic E-state index is 10.0. The van der Waals surface area contributed by atoms with Crippen LogP contribution < -0.4 is 11.5 Å². The number of carbonyl (C=O) groups is 4. The van der Waals surface area contributed by atoms with Crippen LogP contribution in [-0.2, 0) is 19.2 Å². The van der Waals surface area contributed by atoms with Gasteiger partial charge in [0.1, 0.15) is 55.6 Å². The summed E-state index contributed by atoms with van der Waals surface area (Å²) < 4.78 is 0. The number of carboxylic acids is 2. The van der Waals surface area contributed by atoms with E-state index in [1.54, 1.807) is 0 Å². The van der Waals surface area contributed by atoms with E-state index in [1.807, 2.05) is 0 Å². The Morgan fingerprint density at radius 3 is 1.03 bits per heavy atom. The van der Waals surface area contributed by atoms with Gasteiger partial charge in [-0.2, -0.15) is 0 Å². The molecule has 0 spiro atoms. The number of hydrogen-bond acceptors (Lipinski definition) is 14. The van der Waals surface area contributed by atoms with Crippen molar-refractivity contribution in [2.24, 2.45) is 11.5 Å². The number of carbonyl (C=O) groups excluding carboxylic acids is 2. The summed E-state index contributed by atoms with van der Waals surface area (Å²) in [6.45, 7) is -1.41. The normalized spacial score (nSPS) is 18.1. The molecule has 31 heavy (non-hydrogen) atoms. The second-order valence-electron chi connectivity index (χ2n) is 5.85. The van der Waals surface area contributed by atoms with Gasteiger partial charge in [0.15, 0.2) is 0 Å². The first-order valence-electron chi connectivity index (χ1n) is 8.37. The SMILES string of the molecule is N[C@@H](C=O)[C@@H](O)[C@H](O)[C@H](O)CO.N[C@@H](C=O)[C@@H](O)[C@H](O)[C@H](O)CO.O=C(O)CC(=O)O. The minimum absolute atomic E-state index is 0.248. The number of nitrogens with two attached hydrogens (primary N) is 2. The fraction of sp³-hybridized carbons (Fsp3) is 0.733. The average molecular weight is 462 g/mol. The van der Waals surface area contributed by atoms with Crippen LogP contribution in [0.15, 0.2) is 0 Å². The van der Waals surface area contributed by atoms with Crippen LogP contribution in [-0.4, -0.2) is 137 Å². The van der Waals surface area contributed by atoms with Gasteiger partial charge in [-0.25, -0.2) is 0 Å². The lowest BCUT2D eigenvalue weighted by Crippen LogP contribution is -2.49. The van der Waals surface area contributed by atoms with E-state index in [0.29, 0.717) is 0 Å². The number of aliphatic hydroxyl groups is 8. The summed E-state index contributed by atoms with van der Waals surface area (Å²) in [5, 5.41) is 85.7. The van der Waals surface area contributed by atoms with Crippen molar-refractivity contribution in [1.82, 2.24) is 0 Å². The van der Waals surface area contributed by atoms with Crippen LogP contribution in [0.5, 0.6) is 0 Å². The van der Waals surface area contributed by atoms with Gasteiger partial charge in [-0.1, -0.05) is 0 Å². The molecule has 0 radical (unpaired) electrons. The van der Waals surface area contributed by atoms with Gasteiger partial charge < -0.3 is 72.1 Å². The first-order valence-corrected chi connectivity index (χ1v) is 8.37. The Labute approximate surface area is 175 Å². The van der Waals surface area contributed by atoms with E-state index >= 15 is 0 Å². The molecule has 8 atom stereocenters. The maximum absolute atomic E-state index is 10.0. The highest BCUT2D eigenvalue weighted by atomic mass is 16.4. The number of hydrogen-bond donors (Lipinski definition) is 12. The van der Waals surface area contributed by atoms with E-state index in [0.717, 1.165) is 0 Å². The Bertz CT molecular complexity index is 478. The third-order valence-electron chi connectivity index (χ3n) is 3.27. The zero-order valence-electron chi connectivity index (χ0n) is 16.2. The van der Waals surface area contributed by atoms with Crippen molar-refractivity contribution >= 4 is 24.5 Å². The predicted octanol–water partition coefficient (Wildman–Crippen LogP) is -7.28. The third kappa shape index (κ3) is 16.3. The van der Waals surface area contributed by atoms with E-state index in [-0.39, 0.29) is 12.6 Å². The Hall–Kier alpha value is -2.12. The highest BCUT2D eigenvalue weighted by molar-refractivity contribution is 5.88. The molecular weight excluding hydrogens is 432 g/mol. The van der Waals surface area contributed by atoms with Crippen molar-refractivity contribution in [1.29, 1.82) is 0 Å². The molecule has 0 unspecified atom stereocenters. The van der Waals surface area contributed by atoms with Crippen LogP contribution >= 0.6 is 0 Å². The molecule has 0 amide bonds. The molecule has 16 heteroatoms. The fourth-order valence-electron chi connectivity index (χ4n) is 1.42. The lowest BCUT2D eigenvalue weighted by molar-refractivity contribution is -0.147. The first-order chi connectivity index (χ1) is 14.2. The van der Waals surface area contributed by atoms with E-state index in [9.17, 15) is 19.2 Å². The molecule has 0 rings (SSSR count). The Kier molecular flexibility index (Phi) is 20.1. The molecule has 0 aromatic rings. The minimum atomic E-state index is -1.62. The molecule has 0 aliphatic carbocycles. The smallest absolute Gasteiger partial charge is 0.314 e. The molecule has 0 saturated heterocycles. The Balaban J connectivity index is -0.000000394. The summed E-state index contributed by atoms with van der Waals surface area (Å²) in [5.74, 6) is -2.62. The molecule has 0 aromatic heterocycles. The minimum Gasteiger partial charge on any atom is -0.481 e. The molecule has 0 aromatic carbocycles.